The minimum atomic E-state index is -2.62. The largest absolute Gasteiger partial charge is 0.755 e. The van der Waals surface area contributed by atoms with Gasteiger partial charge < -0.3 is 101 Å². The van der Waals surface area contributed by atoms with E-state index in [9.17, 15) is 64.4 Å². The van der Waals surface area contributed by atoms with Crippen LogP contribution in [0.4, 0.5) is 34.1 Å². The summed E-state index contributed by atoms with van der Waals surface area (Å²) in [4.78, 5) is 45.9. The first-order chi connectivity index (χ1) is 46.0. The third kappa shape index (κ3) is 38.3. The van der Waals surface area contributed by atoms with E-state index in [0.29, 0.717) is 84.1 Å². The average molecular weight is 1820 g/mol. The fraction of sp³-hybridized carbons (Fsp3) is 0.235. The maximum Gasteiger partial charge on any atom is 0.336 e. The predicted octanol–water partition coefficient (Wildman–Crippen LogP) is 16.0. The van der Waals surface area contributed by atoms with E-state index in [0.717, 1.165) is 37.2 Å². The Morgan fingerprint density at radius 2 is 0.804 bits per heavy atom. The van der Waals surface area contributed by atoms with E-state index >= 15 is 0 Å². The van der Waals surface area contributed by atoms with Crippen LogP contribution in [0.5, 0.6) is 23.0 Å². The summed E-state index contributed by atoms with van der Waals surface area (Å²) in [6.45, 7) is 20.1. The first-order valence-corrected chi connectivity index (χ1v) is 34.6. The topological polar surface area (TPSA) is 386 Å². The van der Waals surface area contributed by atoms with Crippen LogP contribution >= 0.6 is 23.2 Å². The fourth-order valence-corrected chi connectivity index (χ4v) is 10.2. The Bertz CT molecular complexity index is 3610. The zero-order chi connectivity index (χ0) is 71.3. The number of carbonyl (C=O) groups is 4. The number of aromatic carboxylic acids is 2. The van der Waals surface area contributed by atoms with E-state index in [1.165, 1.54) is 42.7 Å². The van der Waals surface area contributed by atoms with E-state index in [1.54, 1.807) is 73.0 Å². The number of furan rings is 2. The number of nitrogens with one attached hydrogen (secondary N) is 6. The molecule has 102 heavy (non-hydrogen) atoms. The summed E-state index contributed by atoms with van der Waals surface area (Å²) in [7, 11) is 0. The molecule has 24 nitrogen and oxygen atoms in total. The number of anilines is 6. The van der Waals surface area contributed by atoms with Crippen LogP contribution in [0.15, 0.2) is 155 Å². The van der Waals surface area contributed by atoms with Crippen LogP contribution < -0.4 is 39.0 Å². The van der Waals surface area contributed by atoms with Crippen LogP contribution in [0.1, 0.15) is 131 Å². The van der Waals surface area contributed by atoms with Gasteiger partial charge in [-0.25, -0.2) is 9.59 Å². The Morgan fingerprint density at radius 3 is 1.13 bits per heavy atom. The molecule has 8 N–H and O–H groups in total. The van der Waals surface area contributed by atoms with Gasteiger partial charge in [0.1, 0.15) is 23.0 Å². The number of ether oxygens (including phenoxy) is 2. The average Bonchev–Trinajstić information content (AvgIpc) is 0.942. The summed E-state index contributed by atoms with van der Waals surface area (Å²) in [5, 5.41) is 25.2. The second-order valence-corrected chi connectivity index (χ2v) is 22.6. The number of hydrogen-bond acceptors (Lipinski definition) is 18. The van der Waals surface area contributed by atoms with Crippen LogP contribution in [0.2, 0.25) is 10.0 Å². The number of halogens is 2. The maximum atomic E-state index is 11.7. The van der Waals surface area contributed by atoms with Crippen molar-refractivity contribution < 1.29 is 214 Å². The van der Waals surface area contributed by atoms with Gasteiger partial charge in [0.2, 0.25) is 0 Å². The summed E-state index contributed by atoms with van der Waals surface area (Å²) in [6.07, 6.45) is 8.92. The summed E-state index contributed by atoms with van der Waals surface area (Å²) >= 11 is 1.70. The second kappa shape index (κ2) is 57.9. The van der Waals surface area contributed by atoms with Crippen LogP contribution in [0.25, 0.3) is 0 Å². The van der Waals surface area contributed by atoms with E-state index in [1.807, 2.05) is 65.0 Å². The molecule has 0 saturated carbocycles. The number of rotatable bonds is 30. The number of unbranched alkanes of at least 4 members (excludes halogenated alkanes) is 2. The van der Waals surface area contributed by atoms with Gasteiger partial charge in [-0.3, -0.25) is 16.8 Å². The summed E-state index contributed by atoms with van der Waals surface area (Å²) in [5.74, 6) is -0.0381. The van der Waals surface area contributed by atoms with E-state index in [-0.39, 0.29) is 201 Å². The minimum absolute atomic E-state index is 0. The minimum Gasteiger partial charge on any atom is -0.755 e. The van der Waals surface area contributed by atoms with Gasteiger partial charge in [0.25, 0.3) is 0 Å². The third-order valence-corrected chi connectivity index (χ3v) is 14.7. The summed E-state index contributed by atoms with van der Waals surface area (Å²) < 4.78 is 118. The molecule has 34 heteroatoms. The Labute approximate surface area is 718 Å². The van der Waals surface area contributed by atoms with E-state index in [4.69, 9.17) is 41.5 Å². The number of hydrogen-bond donors (Lipinski definition) is 8. The molecule has 0 bridgehead atoms. The van der Waals surface area contributed by atoms with Crippen molar-refractivity contribution in [1.29, 1.82) is 0 Å². The second-order valence-electron chi connectivity index (χ2n) is 19.1. The smallest absolute Gasteiger partial charge is 0.336 e. The molecule has 0 aliphatic heterocycles. The molecule has 8 rings (SSSR count). The van der Waals surface area contributed by atoms with Crippen molar-refractivity contribution in [3.05, 3.63) is 230 Å². The molecule has 0 aliphatic carbocycles. The zero-order valence-electron chi connectivity index (χ0n) is 57.5. The third-order valence-electron chi connectivity index (χ3n) is 12.5. The predicted molar refractivity (Wildman–Crippen MR) is 387 cm³/mol. The van der Waals surface area contributed by atoms with Crippen molar-refractivity contribution >= 4 is 126 Å². The van der Waals surface area contributed by atoms with Crippen molar-refractivity contribution in [2.75, 3.05) is 42.6 Å². The number of ketones is 2. The van der Waals surface area contributed by atoms with Gasteiger partial charge in [-0.15, -0.1) is 34.9 Å². The van der Waals surface area contributed by atoms with E-state index in [2.05, 4.69) is 50.3 Å². The number of Topliss-reactive ketones (excluding diaryl/α,β-unsaturated/α-hetero) is 2. The number of benzene rings is 6. The molecule has 4 atom stereocenters. The molecule has 2 heterocycles. The Balaban J connectivity index is -0.000000607. The molecule has 4 unspecified atom stereocenters. The molecular formula is C68H80Cl2N6O18S4Y4-8. The van der Waals surface area contributed by atoms with Crippen LogP contribution in [0, 0.1) is 28.7 Å². The van der Waals surface area contributed by atoms with Gasteiger partial charge in [-0.1, -0.05) is 120 Å². The fourth-order valence-electron chi connectivity index (χ4n) is 8.23. The van der Waals surface area contributed by atoms with Crippen molar-refractivity contribution in [1.82, 2.24) is 0 Å². The van der Waals surface area contributed by atoms with Crippen LogP contribution in [-0.2, 0) is 202 Å². The van der Waals surface area contributed by atoms with Crippen LogP contribution in [-0.4, -0.2) is 81.9 Å². The zero-order valence-corrected chi connectivity index (χ0v) is 73.6. The van der Waals surface area contributed by atoms with Gasteiger partial charge in [0.15, 0.2) is 11.5 Å². The number of carboxylic acid groups (broad SMARTS) is 2. The maximum absolute atomic E-state index is 11.7. The molecular weight excluding hydrogens is 1740 g/mol. The molecule has 0 aliphatic rings. The number of para-hydroxylation sites is 2. The first-order valence-electron chi connectivity index (χ1n) is 29.6. The summed E-state index contributed by atoms with van der Waals surface area (Å²) in [6, 6.07) is 36.3. The van der Waals surface area contributed by atoms with Gasteiger partial charge in [-0.05, 0) is 104 Å². The first kappa shape index (κ1) is 104. The Hall–Kier alpha value is -4.26. The standard InChI is InChI=1S/C18H21N2O4S.C17H20N2O5S.C14H13ClNO4S.C13H12ClNO5S.2C2H6.2CH3.4Y/c1-3-4-10-19-16-11-14(13(2)21)12-17(20-25(22)23)18(16)24-15-8-6-5-7-9-15;1-2-3-9-18-14-10-12(17(20)21)11-15(19-25(22)23)16(14)24-13-7-5-4-6-8-13;1-9(17)12-8-14(16-21(18)19)13(15)7-10(12)4-5-11-3-2-6-20-11;14-11-6-8(3-4-9-2-1-5-20-9)10(13(16)17)7-12(11)15-21(18)19;2*1-2;;;;;;/h5-9,11-12,19-20H,2-4,10H2,1H3,(H,22,23);4-8,10-11,18-19H,2-3,9H2,1H3,(H,20,21)(H,22,23);2-3,6-8,16H,1,4-5H2,(H,18,19);1-2,5-7,15H,3-4H2,(H,16,17)(H,18,19);2*1-2H3;2*1H3;;;;/q-1;;-1;;;;2*-1;;;;/p-4. The van der Waals surface area contributed by atoms with Crippen molar-refractivity contribution in [3.63, 3.8) is 0 Å². The van der Waals surface area contributed by atoms with Crippen LogP contribution in [0.3, 0.4) is 0 Å². The molecule has 0 saturated heterocycles. The van der Waals surface area contributed by atoms with Gasteiger partial charge in [0.05, 0.1) is 62.1 Å². The number of carboxylic acids is 2. The SMILES string of the molecule is CC.CC.CCCCNc1cc(C(=O)O)cc(NS(=O)[O-])c1Oc1ccccc1.O=C(O)c1cc(NS(=O)[O-])c(Cl)cc1CCc1ccco1.[CH2-]C(=O)c1cc(NCCCC)c(Oc2ccccc2)c(NS(=O)[O-])c1.[CH2-]C(=O)c1cc(NS(=O)[O-])c(Cl)cc1CCc1ccco1.[CH3-].[CH3-].[Y].[Y].[Y].[Y]. The molecule has 548 valence electrons. The monoisotopic (exact) mass is 1820 g/mol. The quantitative estimate of drug-likeness (QED) is 0.00897. The number of carbonyl (C=O) groups excluding carboxylic acids is 2. The molecule has 6 aromatic carbocycles. The molecule has 0 amide bonds. The van der Waals surface area contributed by atoms with Crippen molar-refractivity contribution in [2.24, 2.45) is 0 Å². The van der Waals surface area contributed by atoms with Gasteiger partial charge >= 0.3 is 11.9 Å². The van der Waals surface area contributed by atoms with Crippen molar-refractivity contribution in [3.8, 4) is 23.0 Å². The normalized spacial score (nSPS) is 10.8. The van der Waals surface area contributed by atoms with Gasteiger partial charge in [0, 0.05) is 219 Å². The summed E-state index contributed by atoms with van der Waals surface area (Å²) in [5.41, 5.74) is 3.11. The molecule has 0 fully saturated rings. The Kier molecular flexibility index (Phi) is 59.1. The number of aryl methyl sites for hydroxylation is 4. The van der Waals surface area contributed by atoms with Gasteiger partial charge in [-0.2, -0.15) is 13.8 Å². The van der Waals surface area contributed by atoms with E-state index < -0.39 is 68.6 Å². The van der Waals surface area contributed by atoms with Crippen molar-refractivity contribution in [2.45, 2.75) is 92.9 Å². The molecule has 4 radical (unpaired) electrons. The molecule has 0 spiro atoms. The molecule has 2 aromatic heterocycles. The molecule has 8 aromatic rings. The Morgan fingerprint density at radius 1 is 0.461 bits per heavy atom.